The fourth-order valence-corrected chi connectivity index (χ4v) is 17.3. The summed E-state index contributed by atoms with van der Waals surface area (Å²) in [6.07, 6.45) is 0. The van der Waals surface area contributed by atoms with Crippen LogP contribution in [0.4, 0.5) is 0 Å². The molecule has 0 aliphatic rings. The van der Waals surface area contributed by atoms with Crippen LogP contribution >= 0.6 is 0 Å². The fourth-order valence-electron chi connectivity index (χ4n) is 17.3. The number of fused-ring (bicyclic) bond motifs is 12. The van der Waals surface area contributed by atoms with Crippen LogP contribution in [0.2, 0.25) is 0 Å². The van der Waals surface area contributed by atoms with E-state index in [4.69, 9.17) is 48.9 Å². The number of furan rings is 2. The van der Waals surface area contributed by atoms with Gasteiger partial charge in [-0.05, 0) is 111 Å². The molecule has 0 atom stereocenters. The van der Waals surface area contributed by atoms with Crippen molar-refractivity contribution in [1.29, 1.82) is 0 Å². The van der Waals surface area contributed by atoms with Gasteiger partial charge in [-0.2, -0.15) is 10.2 Å². The third-order valence-electron chi connectivity index (χ3n) is 23.3. The van der Waals surface area contributed by atoms with Crippen LogP contribution in [0.5, 0.6) is 0 Å². The second-order valence-corrected chi connectivity index (χ2v) is 30.9. The molecule has 24 rings (SSSR count). The van der Waals surface area contributed by atoms with Gasteiger partial charge in [-0.25, -0.2) is 38.9 Å². The molecule has 0 N–H and O–H groups in total. The summed E-state index contributed by atoms with van der Waals surface area (Å²) >= 11 is 0. The Morgan fingerprint density at radius 2 is 0.435 bits per heavy atom. The minimum Gasteiger partial charge on any atom is -0.456 e. The van der Waals surface area contributed by atoms with E-state index in [1.165, 1.54) is 0 Å². The van der Waals surface area contributed by atoms with Crippen LogP contribution in [0.3, 0.4) is 0 Å². The van der Waals surface area contributed by atoms with Crippen LogP contribution in [0, 0.1) is 0 Å². The Labute approximate surface area is 712 Å². The third kappa shape index (κ3) is 13.2. The summed E-state index contributed by atoms with van der Waals surface area (Å²) in [7, 11) is 0. The van der Waals surface area contributed by atoms with Crippen molar-refractivity contribution in [2.45, 2.75) is 0 Å². The first-order valence-electron chi connectivity index (χ1n) is 41.4. The molecule has 0 spiro atoms. The van der Waals surface area contributed by atoms with Gasteiger partial charge in [-0.1, -0.05) is 358 Å². The number of rotatable bonds is 14. The number of hydrogen-bond donors (Lipinski definition) is 0. The lowest BCUT2D eigenvalue weighted by Crippen LogP contribution is -2.00. The second kappa shape index (κ2) is 30.8. The molecular weight excluding hydrogens is 1520 g/mol. The zero-order valence-electron chi connectivity index (χ0n) is 66.7. The van der Waals surface area contributed by atoms with Crippen molar-refractivity contribution in [2.24, 2.45) is 0 Å². The molecule has 0 radical (unpaired) electrons. The highest BCUT2D eigenvalue weighted by Crippen LogP contribution is 2.46. The van der Waals surface area contributed by atoms with Gasteiger partial charge >= 0.3 is 0 Å². The summed E-state index contributed by atoms with van der Waals surface area (Å²) in [6.45, 7) is 0. The summed E-state index contributed by atoms with van der Waals surface area (Å²) in [5.41, 5.74) is 27.4. The zero-order valence-corrected chi connectivity index (χ0v) is 66.7. The van der Waals surface area contributed by atoms with Gasteiger partial charge in [0.15, 0.2) is 34.9 Å². The number of benzene rings is 16. The minimum absolute atomic E-state index is 0.574. The van der Waals surface area contributed by atoms with E-state index in [1.54, 1.807) is 0 Å². The Morgan fingerprint density at radius 3 is 0.839 bits per heavy atom. The molecule has 8 aromatic heterocycles. The van der Waals surface area contributed by atoms with E-state index in [2.05, 4.69) is 324 Å². The lowest BCUT2D eigenvalue weighted by molar-refractivity contribution is 0.668. The van der Waals surface area contributed by atoms with Crippen molar-refractivity contribution in [3.63, 3.8) is 0 Å². The van der Waals surface area contributed by atoms with Crippen LogP contribution in [-0.2, 0) is 0 Å². The fraction of sp³-hybridized carbons (Fsp3) is 0. The molecule has 580 valence electrons. The van der Waals surface area contributed by atoms with E-state index >= 15 is 0 Å². The van der Waals surface area contributed by atoms with E-state index < -0.39 is 0 Å². The van der Waals surface area contributed by atoms with Gasteiger partial charge in [0.25, 0.3) is 0 Å². The Morgan fingerprint density at radius 1 is 0.169 bits per heavy atom. The number of pyridine rings is 2. The second-order valence-electron chi connectivity index (χ2n) is 30.9. The van der Waals surface area contributed by atoms with Crippen molar-refractivity contribution < 1.29 is 8.83 Å². The summed E-state index contributed by atoms with van der Waals surface area (Å²) in [5, 5.41) is 20.0. The van der Waals surface area contributed by atoms with Gasteiger partial charge in [-0.3, -0.25) is 0 Å². The average molecular weight is 1590 g/mol. The molecule has 12 nitrogen and oxygen atoms in total. The molecule has 124 heavy (non-hydrogen) atoms. The molecule has 0 fully saturated rings. The van der Waals surface area contributed by atoms with Crippen LogP contribution in [-0.4, -0.2) is 49.1 Å². The van der Waals surface area contributed by atoms with E-state index in [0.717, 1.165) is 199 Å². The number of para-hydroxylation sites is 2. The molecule has 0 aliphatic heterocycles. The molecule has 0 bridgehead atoms. The molecule has 0 unspecified atom stereocenters. The Hall–Kier alpha value is -17.0. The minimum atomic E-state index is 0.574. The summed E-state index contributed by atoms with van der Waals surface area (Å²) in [6, 6.07) is 147. The highest BCUT2D eigenvalue weighted by Gasteiger charge is 2.26. The van der Waals surface area contributed by atoms with Crippen LogP contribution in [0.25, 0.3) is 234 Å². The Bertz CT molecular complexity index is 8220. The maximum atomic E-state index is 6.26. The Balaban J connectivity index is 0.000000143. The summed E-state index contributed by atoms with van der Waals surface area (Å²) in [4.78, 5) is 30.7. The lowest BCUT2D eigenvalue weighted by Gasteiger charge is -2.11. The molecule has 24 aromatic rings. The maximum absolute atomic E-state index is 6.26. The SMILES string of the molecule is c1ccc(-c2nc(-c3ccc(-c4ccc5c(c4)oc4ccccc45)cc3)nc(-c3cccc(-c4nn5c(-c6ccccc6)cc6ccccc6c5c4-c4ccccc4)c3)n2)cc1.c1ccc(-c2nc(-c3cccc(-c4ccc5c(c4)oc4ccccc45)c3)nc(-c3cccc(-c4nn5c(-c6ccccc6)cc6ccccc6c5c4-c4ccccc4)c3)n2)cc1. The number of aromatic nitrogens is 10. The van der Waals surface area contributed by atoms with E-state index in [9.17, 15) is 0 Å². The monoisotopic (exact) mass is 1590 g/mol. The first-order valence-corrected chi connectivity index (χ1v) is 41.4. The smallest absolute Gasteiger partial charge is 0.164 e. The lowest BCUT2D eigenvalue weighted by atomic mass is 9.96. The summed E-state index contributed by atoms with van der Waals surface area (Å²) < 4.78 is 16.7. The largest absolute Gasteiger partial charge is 0.456 e. The Kier molecular flexibility index (Phi) is 17.9. The van der Waals surface area contributed by atoms with Crippen LogP contribution in [0.1, 0.15) is 0 Å². The van der Waals surface area contributed by atoms with Gasteiger partial charge in [0.2, 0.25) is 0 Å². The van der Waals surface area contributed by atoms with E-state index in [0.29, 0.717) is 34.9 Å². The van der Waals surface area contributed by atoms with E-state index in [1.807, 2.05) is 109 Å². The van der Waals surface area contributed by atoms with Crippen molar-refractivity contribution in [2.75, 3.05) is 0 Å². The van der Waals surface area contributed by atoms with Crippen molar-refractivity contribution in [3.05, 3.63) is 425 Å². The van der Waals surface area contributed by atoms with Gasteiger partial charge in [0.1, 0.15) is 33.7 Å². The molecule has 16 aromatic carbocycles. The van der Waals surface area contributed by atoms with E-state index in [-0.39, 0.29) is 0 Å². The molecule has 0 saturated carbocycles. The molecule has 0 saturated heterocycles. The summed E-state index contributed by atoms with van der Waals surface area (Å²) in [5.74, 6) is 3.53. The predicted octanol–water partition coefficient (Wildman–Crippen LogP) is 28.5. The van der Waals surface area contributed by atoms with Crippen molar-refractivity contribution >= 4 is 76.5 Å². The van der Waals surface area contributed by atoms with Crippen molar-refractivity contribution in [1.82, 2.24) is 49.1 Å². The first-order chi connectivity index (χ1) is 61.4. The van der Waals surface area contributed by atoms with Crippen LogP contribution in [0.15, 0.2) is 433 Å². The molecule has 8 heterocycles. The number of nitrogens with zero attached hydrogens (tertiary/aromatic N) is 10. The highest BCUT2D eigenvalue weighted by molar-refractivity contribution is 6.12. The normalized spacial score (nSPS) is 11.5. The topological polar surface area (TPSA) is 138 Å². The number of hydrogen-bond acceptors (Lipinski definition) is 10. The molecule has 0 amide bonds. The van der Waals surface area contributed by atoms with Gasteiger partial charge < -0.3 is 8.83 Å². The standard InChI is InChI=1S/2C56H35N5O/c1-4-16-36(17-5-1)48-34-41-22-10-11-27-45(41)53-51(37-18-6-2-7-19-37)52(60-61(48)53)42-24-15-26-44(33-42)56-58-54(38-20-8-3-9-21-38)57-55(59-56)43-25-14-23-39(32-43)40-30-31-47-46-28-12-13-29-49(46)62-50(47)35-40;1-4-15-37(16-5-1)48-34-42-21-10-11-24-45(42)53-51(38-17-6-2-7-18-38)52(60-61(48)53)43-22-14-23-44(33-43)56-58-54(39-19-8-3-9-20-39)57-55(59-56)40-29-27-36(28-30-40)41-31-32-47-46-25-12-13-26-49(46)62-50(47)35-41/h2*1-35H. The molecular formula is C112H70N10O2. The average Bonchev–Trinajstić information content (AvgIpc) is 1.56. The van der Waals surface area contributed by atoms with Gasteiger partial charge in [0, 0.05) is 99.1 Å². The van der Waals surface area contributed by atoms with Crippen molar-refractivity contribution in [3.8, 4) is 158 Å². The van der Waals surface area contributed by atoms with Gasteiger partial charge in [-0.15, -0.1) is 0 Å². The first kappa shape index (κ1) is 72.3. The quantitative estimate of drug-likeness (QED) is 0.103. The molecule has 12 heteroatoms. The highest BCUT2D eigenvalue weighted by atomic mass is 16.3. The molecule has 0 aliphatic carbocycles. The predicted molar refractivity (Wildman–Crippen MR) is 503 cm³/mol. The zero-order chi connectivity index (χ0) is 82.0. The van der Waals surface area contributed by atoms with Gasteiger partial charge in [0.05, 0.1) is 22.4 Å². The van der Waals surface area contributed by atoms with Crippen LogP contribution < -0.4 is 0 Å². The third-order valence-corrected chi connectivity index (χ3v) is 23.3. The maximum Gasteiger partial charge on any atom is 0.164 e.